The summed E-state index contributed by atoms with van der Waals surface area (Å²) in [6.45, 7) is 5.27. The summed E-state index contributed by atoms with van der Waals surface area (Å²) in [5, 5.41) is 3.41. The molecular formula is C11H18N2O. The van der Waals surface area contributed by atoms with Gasteiger partial charge in [0.05, 0.1) is 6.04 Å². The van der Waals surface area contributed by atoms with Gasteiger partial charge in [0, 0.05) is 19.1 Å². The molecule has 0 radical (unpaired) electrons. The Balaban J connectivity index is 1.89. The third-order valence-corrected chi connectivity index (χ3v) is 2.89. The molecule has 1 amide bonds. The second kappa shape index (κ2) is 4.13. The van der Waals surface area contributed by atoms with Gasteiger partial charge in [-0.3, -0.25) is 4.79 Å². The van der Waals surface area contributed by atoms with Gasteiger partial charge in [0.1, 0.15) is 0 Å². The fourth-order valence-corrected chi connectivity index (χ4v) is 1.97. The molecular weight excluding hydrogens is 176 g/mol. The Morgan fingerprint density at radius 1 is 1.50 bits per heavy atom. The van der Waals surface area contributed by atoms with E-state index in [1.165, 1.54) is 12.8 Å². The molecule has 78 valence electrons. The number of rotatable bonds is 4. The summed E-state index contributed by atoms with van der Waals surface area (Å²) >= 11 is 0. The smallest absolute Gasteiger partial charge is 0.239 e. The molecule has 2 aliphatic rings. The average molecular weight is 194 g/mol. The molecule has 0 bridgehead atoms. The van der Waals surface area contributed by atoms with Gasteiger partial charge in [-0.1, -0.05) is 6.08 Å². The van der Waals surface area contributed by atoms with Crippen molar-refractivity contribution in [2.45, 2.75) is 37.8 Å². The van der Waals surface area contributed by atoms with E-state index in [4.69, 9.17) is 0 Å². The summed E-state index contributed by atoms with van der Waals surface area (Å²) in [7, 11) is 0. The van der Waals surface area contributed by atoms with Gasteiger partial charge in [-0.15, -0.1) is 6.58 Å². The fourth-order valence-electron chi connectivity index (χ4n) is 1.97. The molecule has 14 heavy (non-hydrogen) atoms. The second-order valence-corrected chi connectivity index (χ2v) is 4.21. The molecule has 1 saturated heterocycles. The van der Waals surface area contributed by atoms with E-state index in [2.05, 4.69) is 11.9 Å². The van der Waals surface area contributed by atoms with Crippen molar-refractivity contribution in [1.29, 1.82) is 0 Å². The normalized spacial score (nSPS) is 27.9. The number of hydrogen-bond acceptors (Lipinski definition) is 2. The van der Waals surface area contributed by atoms with Gasteiger partial charge in [-0.2, -0.15) is 0 Å². The second-order valence-electron chi connectivity index (χ2n) is 4.21. The van der Waals surface area contributed by atoms with E-state index in [9.17, 15) is 4.79 Å². The molecule has 0 aromatic rings. The number of nitrogens with one attached hydrogen (secondary N) is 1. The number of piperidine rings is 1. The topological polar surface area (TPSA) is 32.3 Å². The minimum absolute atomic E-state index is 0.0798. The predicted molar refractivity (Wildman–Crippen MR) is 56.0 cm³/mol. The van der Waals surface area contributed by atoms with Crippen molar-refractivity contribution in [3.8, 4) is 0 Å². The van der Waals surface area contributed by atoms with Gasteiger partial charge in [0.15, 0.2) is 0 Å². The quantitative estimate of drug-likeness (QED) is 0.675. The monoisotopic (exact) mass is 194 g/mol. The SMILES string of the molecule is C=CCN1CCCC(NC2CC2)C1=O. The maximum absolute atomic E-state index is 11.9. The third kappa shape index (κ3) is 2.15. The van der Waals surface area contributed by atoms with E-state index in [0.717, 1.165) is 19.4 Å². The standard InChI is InChI=1S/C11H18N2O/c1-2-7-13-8-3-4-10(11(13)14)12-9-5-6-9/h2,9-10,12H,1,3-8H2. The summed E-state index contributed by atoms with van der Waals surface area (Å²) in [5.74, 6) is 0.267. The third-order valence-electron chi connectivity index (χ3n) is 2.89. The highest BCUT2D eigenvalue weighted by molar-refractivity contribution is 5.82. The van der Waals surface area contributed by atoms with Crippen LogP contribution in [0, 0.1) is 0 Å². The Labute approximate surface area is 85.2 Å². The van der Waals surface area contributed by atoms with E-state index in [1.54, 1.807) is 6.08 Å². The summed E-state index contributed by atoms with van der Waals surface area (Å²) in [6, 6.07) is 0.698. The lowest BCUT2D eigenvalue weighted by atomic mass is 10.0. The van der Waals surface area contributed by atoms with E-state index < -0.39 is 0 Å². The van der Waals surface area contributed by atoms with Crippen LogP contribution in [0.15, 0.2) is 12.7 Å². The highest BCUT2D eigenvalue weighted by atomic mass is 16.2. The van der Waals surface area contributed by atoms with Gasteiger partial charge in [0.25, 0.3) is 0 Å². The minimum Gasteiger partial charge on any atom is -0.338 e. The molecule has 2 fully saturated rings. The number of hydrogen-bond donors (Lipinski definition) is 1. The molecule has 1 atom stereocenters. The highest BCUT2D eigenvalue weighted by Gasteiger charge is 2.32. The Bertz CT molecular complexity index is 235. The Morgan fingerprint density at radius 3 is 2.93 bits per heavy atom. The molecule has 2 rings (SSSR count). The molecule has 1 saturated carbocycles. The molecule has 1 heterocycles. The number of carbonyl (C=O) groups excluding carboxylic acids is 1. The van der Waals surface area contributed by atoms with Crippen LogP contribution in [0.3, 0.4) is 0 Å². The van der Waals surface area contributed by atoms with Crippen molar-refractivity contribution in [2.24, 2.45) is 0 Å². The van der Waals surface area contributed by atoms with E-state index >= 15 is 0 Å². The van der Waals surface area contributed by atoms with Crippen molar-refractivity contribution in [3.63, 3.8) is 0 Å². The lowest BCUT2D eigenvalue weighted by molar-refractivity contribution is -0.135. The van der Waals surface area contributed by atoms with Crippen LogP contribution in [-0.4, -0.2) is 36.0 Å². The van der Waals surface area contributed by atoms with Crippen LogP contribution in [0.2, 0.25) is 0 Å². The predicted octanol–water partition coefficient (Wildman–Crippen LogP) is 0.915. The largest absolute Gasteiger partial charge is 0.338 e. The molecule has 1 unspecified atom stereocenters. The molecule has 1 N–H and O–H groups in total. The van der Waals surface area contributed by atoms with Crippen molar-refractivity contribution in [3.05, 3.63) is 12.7 Å². The number of carbonyl (C=O) groups is 1. The van der Waals surface area contributed by atoms with Crippen LogP contribution < -0.4 is 5.32 Å². The summed E-state index contributed by atoms with van der Waals surface area (Å²) < 4.78 is 0. The van der Waals surface area contributed by atoms with Gasteiger partial charge >= 0.3 is 0 Å². The number of amides is 1. The zero-order valence-corrected chi connectivity index (χ0v) is 8.54. The molecule has 1 aliphatic heterocycles. The summed E-state index contributed by atoms with van der Waals surface area (Å²) in [4.78, 5) is 13.8. The Kier molecular flexibility index (Phi) is 2.87. The van der Waals surface area contributed by atoms with Crippen LogP contribution in [0.25, 0.3) is 0 Å². The van der Waals surface area contributed by atoms with Gasteiger partial charge in [0.2, 0.25) is 5.91 Å². The van der Waals surface area contributed by atoms with E-state index in [1.807, 2.05) is 4.90 Å². The van der Waals surface area contributed by atoms with Crippen LogP contribution in [-0.2, 0) is 4.79 Å². The van der Waals surface area contributed by atoms with Crippen LogP contribution in [0.4, 0.5) is 0 Å². The number of likely N-dealkylation sites (tertiary alicyclic amines) is 1. The van der Waals surface area contributed by atoms with Crippen molar-refractivity contribution in [1.82, 2.24) is 10.2 Å². The molecule has 3 heteroatoms. The zero-order valence-electron chi connectivity index (χ0n) is 8.54. The minimum atomic E-state index is 0.0798. The zero-order chi connectivity index (χ0) is 9.97. The highest BCUT2D eigenvalue weighted by Crippen LogP contribution is 2.22. The van der Waals surface area contributed by atoms with Crippen molar-refractivity contribution in [2.75, 3.05) is 13.1 Å². The van der Waals surface area contributed by atoms with Crippen molar-refractivity contribution < 1.29 is 4.79 Å². The van der Waals surface area contributed by atoms with Crippen molar-refractivity contribution >= 4 is 5.91 Å². The van der Waals surface area contributed by atoms with E-state index in [0.29, 0.717) is 12.6 Å². The van der Waals surface area contributed by atoms with Gasteiger partial charge in [-0.05, 0) is 25.7 Å². The van der Waals surface area contributed by atoms with Gasteiger partial charge < -0.3 is 10.2 Å². The summed E-state index contributed by atoms with van der Waals surface area (Å²) in [6.07, 6.45) is 6.40. The first-order chi connectivity index (χ1) is 6.81. The first kappa shape index (κ1) is 9.71. The van der Waals surface area contributed by atoms with Crippen LogP contribution in [0.1, 0.15) is 25.7 Å². The lowest BCUT2D eigenvalue weighted by Crippen LogP contribution is -2.51. The first-order valence-electron chi connectivity index (χ1n) is 5.47. The lowest BCUT2D eigenvalue weighted by Gasteiger charge is -2.32. The Hall–Kier alpha value is -0.830. The maximum Gasteiger partial charge on any atom is 0.239 e. The summed E-state index contributed by atoms with van der Waals surface area (Å²) in [5.41, 5.74) is 0. The fraction of sp³-hybridized carbons (Fsp3) is 0.727. The molecule has 0 spiro atoms. The Morgan fingerprint density at radius 2 is 2.29 bits per heavy atom. The van der Waals surface area contributed by atoms with Crippen LogP contribution in [0.5, 0.6) is 0 Å². The molecule has 0 aromatic heterocycles. The maximum atomic E-state index is 11.9. The number of nitrogens with zero attached hydrogens (tertiary/aromatic N) is 1. The first-order valence-corrected chi connectivity index (χ1v) is 5.47. The molecule has 3 nitrogen and oxygen atoms in total. The van der Waals surface area contributed by atoms with E-state index in [-0.39, 0.29) is 11.9 Å². The molecule has 1 aliphatic carbocycles. The van der Waals surface area contributed by atoms with Crippen LogP contribution >= 0.6 is 0 Å². The van der Waals surface area contributed by atoms with Gasteiger partial charge in [-0.25, -0.2) is 0 Å². The molecule has 0 aromatic carbocycles. The average Bonchev–Trinajstić information content (AvgIpc) is 2.96.